The fourth-order valence-corrected chi connectivity index (χ4v) is 2.52. The third kappa shape index (κ3) is 2.19. The van der Waals surface area contributed by atoms with Crippen LogP contribution >= 0.6 is 11.6 Å². The Bertz CT molecular complexity index is 377. The second kappa shape index (κ2) is 3.80. The molecule has 0 fully saturated rings. The Morgan fingerprint density at radius 3 is 2.53 bits per heavy atom. The Hall–Kier alpha value is -0.530. The molecule has 0 aliphatic heterocycles. The molecule has 0 saturated carbocycles. The van der Waals surface area contributed by atoms with Crippen molar-refractivity contribution in [1.29, 1.82) is 0 Å². The summed E-state index contributed by atoms with van der Waals surface area (Å²) >= 11 is 6.30. The Kier molecular flexibility index (Phi) is 2.78. The number of hydrogen-bond acceptors (Lipinski definition) is 1. The van der Waals surface area contributed by atoms with Crippen molar-refractivity contribution in [3.05, 3.63) is 33.8 Å². The summed E-state index contributed by atoms with van der Waals surface area (Å²) in [5, 5.41) is 0.903. The highest BCUT2D eigenvalue weighted by molar-refractivity contribution is 6.31. The van der Waals surface area contributed by atoms with Crippen LogP contribution in [0.3, 0.4) is 0 Å². The van der Waals surface area contributed by atoms with Gasteiger partial charge in [-0.2, -0.15) is 0 Å². The molecule has 2 heteroatoms. The predicted molar refractivity (Wildman–Crippen MR) is 65.3 cm³/mol. The van der Waals surface area contributed by atoms with Gasteiger partial charge in [0, 0.05) is 10.6 Å². The average Bonchev–Trinajstić information content (AvgIpc) is 2.16. The highest BCUT2D eigenvalue weighted by Gasteiger charge is 2.19. The van der Waals surface area contributed by atoms with Gasteiger partial charge in [-0.05, 0) is 62.3 Å². The van der Waals surface area contributed by atoms with Gasteiger partial charge in [-0.3, -0.25) is 0 Å². The largest absolute Gasteiger partial charge is 0.322 e. The van der Waals surface area contributed by atoms with E-state index in [2.05, 4.69) is 6.07 Å². The van der Waals surface area contributed by atoms with Gasteiger partial charge in [-0.1, -0.05) is 17.7 Å². The van der Waals surface area contributed by atoms with Crippen molar-refractivity contribution in [2.24, 2.45) is 5.73 Å². The quantitative estimate of drug-likeness (QED) is 0.776. The summed E-state index contributed by atoms with van der Waals surface area (Å²) in [6.07, 6.45) is 4.81. The van der Waals surface area contributed by atoms with Crippen LogP contribution in [0.5, 0.6) is 0 Å². The van der Waals surface area contributed by atoms with Gasteiger partial charge in [0.2, 0.25) is 0 Å². The molecule has 0 heterocycles. The van der Waals surface area contributed by atoms with Gasteiger partial charge in [-0.25, -0.2) is 0 Å². The van der Waals surface area contributed by atoms with Crippen LogP contribution in [0.25, 0.3) is 0 Å². The van der Waals surface area contributed by atoms with Crippen molar-refractivity contribution >= 4 is 11.6 Å². The van der Waals surface area contributed by atoms with Crippen LogP contribution in [0.15, 0.2) is 12.1 Å². The Morgan fingerprint density at radius 2 is 1.87 bits per heavy atom. The molecule has 0 bridgehead atoms. The summed E-state index contributed by atoms with van der Waals surface area (Å²) in [7, 11) is 0. The lowest BCUT2D eigenvalue weighted by Gasteiger charge is -2.24. The third-order valence-corrected chi connectivity index (χ3v) is 3.49. The standard InChI is InChI=1S/C13H18ClN/c1-13(2,15)10-7-9-5-3-4-6-11(9)12(14)8-10/h7-8H,3-6,15H2,1-2H3. The van der Waals surface area contributed by atoms with Gasteiger partial charge >= 0.3 is 0 Å². The smallest absolute Gasteiger partial charge is 0.0444 e. The van der Waals surface area contributed by atoms with E-state index in [9.17, 15) is 0 Å². The van der Waals surface area contributed by atoms with Gasteiger partial charge in [0.05, 0.1) is 0 Å². The van der Waals surface area contributed by atoms with Crippen molar-refractivity contribution in [2.75, 3.05) is 0 Å². The Labute approximate surface area is 96.6 Å². The first-order valence-corrected chi connectivity index (χ1v) is 5.97. The van der Waals surface area contributed by atoms with E-state index in [4.69, 9.17) is 17.3 Å². The van der Waals surface area contributed by atoms with Crippen LogP contribution in [-0.2, 0) is 18.4 Å². The van der Waals surface area contributed by atoms with E-state index in [1.165, 1.54) is 24.0 Å². The highest BCUT2D eigenvalue weighted by atomic mass is 35.5. The molecule has 0 radical (unpaired) electrons. The maximum absolute atomic E-state index is 6.30. The minimum Gasteiger partial charge on any atom is -0.322 e. The lowest BCUT2D eigenvalue weighted by Crippen LogP contribution is -2.29. The second-order valence-electron chi connectivity index (χ2n) is 5.02. The molecule has 1 nitrogen and oxygen atoms in total. The normalized spacial score (nSPS) is 16.3. The van der Waals surface area contributed by atoms with Crippen molar-refractivity contribution < 1.29 is 0 Å². The van der Waals surface area contributed by atoms with Crippen LogP contribution in [0.2, 0.25) is 5.02 Å². The maximum atomic E-state index is 6.30. The van der Waals surface area contributed by atoms with E-state index < -0.39 is 0 Å². The van der Waals surface area contributed by atoms with E-state index in [1.807, 2.05) is 19.9 Å². The summed E-state index contributed by atoms with van der Waals surface area (Å²) in [4.78, 5) is 0. The topological polar surface area (TPSA) is 26.0 Å². The number of halogens is 1. The summed E-state index contributed by atoms with van der Waals surface area (Å²) in [5.41, 5.74) is 9.70. The summed E-state index contributed by atoms with van der Waals surface area (Å²) in [6.45, 7) is 4.04. The number of rotatable bonds is 1. The maximum Gasteiger partial charge on any atom is 0.0444 e. The molecule has 15 heavy (non-hydrogen) atoms. The fraction of sp³-hybridized carbons (Fsp3) is 0.538. The van der Waals surface area contributed by atoms with Crippen molar-refractivity contribution in [2.45, 2.75) is 45.1 Å². The molecule has 2 rings (SSSR count). The molecule has 1 aromatic rings. The predicted octanol–water partition coefficient (Wildman–Crippen LogP) is 3.41. The minimum absolute atomic E-state index is 0.296. The van der Waals surface area contributed by atoms with E-state index in [1.54, 1.807) is 0 Å². The first-order valence-electron chi connectivity index (χ1n) is 5.59. The van der Waals surface area contributed by atoms with E-state index in [0.29, 0.717) is 0 Å². The Morgan fingerprint density at radius 1 is 1.20 bits per heavy atom. The molecule has 0 spiro atoms. The van der Waals surface area contributed by atoms with Gasteiger partial charge in [-0.15, -0.1) is 0 Å². The zero-order chi connectivity index (χ0) is 11.1. The summed E-state index contributed by atoms with van der Waals surface area (Å²) < 4.78 is 0. The number of nitrogens with two attached hydrogens (primary N) is 1. The zero-order valence-electron chi connectivity index (χ0n) is 9.44. The van der Waals surface area contributed by atoms with E-state index in [0.717, 1.165) is 23.4 Å². The van der Waals surface area contributed by atoms with E-state index >= 15 is 0 Å². The van der Waals surface area contributed by atoms with Crippen LogP contribution in [0, 0.1) is 0 Å². The molecule has 82 valence electrons. The van der Waals surface area contributed by atoms with Crippen LogP contribution in [0.1, 0.15) is 43.4 Å². The van der Waals surface area contributed by atoms with Crippen LogP contribution in [0.4, 0.5) is 0 Å². The molecule has 1 aliphatic rings. The third-order valence-electron chi connectivity index (χ3n) is 3.15. The number of fused-ring (bicyclic) bond motifs is 1. The van der Waals surface area contributed by atoms with Gasteiger partial charge < -0.3 is 5.73 Å². The monoisotopic (exact) mass is 223 g/mol. The van der Waals surface area contributed by atoms with Crippen LogP contribution < -0.4 is 5.73 Å². The van der Waals surface area contributed by atoms with Gasteiger partial charge in [0.15, 0.2) is 0 Å². The highest BCUT2D eigenvalue weighted by Crippen LogP contribution is 2.32. The van der Waals surface area contributed by atoms with Crippen LogP contribution in [-0.4, -0.2) is 0 Å². The molecule has 0 unspecified atom stereocenters. The Balaban J connectivity index is 2.50. The second-order valence-corrected chi connectivity index (χ2v) is 5.43. The molecule has 0 atom stereocenters. The summed E-state index contributed by atoms with van der Waals surface area (Å²) in [5.74, 6) is 0. The van der Waals surface area contributed by atoms with Gasteiger partial charge in [0.1, 0.15) is 0 Å². The lowest BCUT2D eigenvalue weighted by molar-refractivity contribution is 0.551. The molecule has 1 aromatic carbocycles. The molecule has 0 amide bonds. The molecule has 1 aliphatic carbocycles. The van der Waals surface area contributed by atoms with E-state index in [-0.39, 0.29) is 5.54 Å². The summed E-state index contributed by atoms with van der Waals surface area (Å²) in [6, 6.07) is 4.27. The van der Waals surface area contributed by atoms with Gasteiger partial charge in [0.25, 0.3) is 0 Å². The fourth-order valence-electron chi connectivity index (χ4n) is 2.19. The average molecular weight is 224 g/mol. The minimum atomic E-state index is -0.296. The number of aryl methyl sites for hydroxylation is 1. The zero-order valence-corrected chi connectivity index (χ0v) is 10.2. The van der Waals surface area contributed by atoms with Crippen molar-refractivity contribution in [3.8, 4) is 0 Å². The van der Waals surface area contributed by atoms with Crippen molar-refractivity contribution in [3.63, 3.8) is 0 Å². The number of benzene rings is 1. The molecular weight excluding hydrogens is 206 g/mol. The molecule has 0 saturated heterocycles. The first kappa shape index (κ1) is 11.0. The molecular formula is C13H18ClN. The number of hydrogen-bond donors (Lipinski definition) is 1. The van der Waals surface area contributed by atoms with Crippen molar-refractivity contribution in [1.82, 2.24) is 0 Å². The SMILES string of the molecule is CC(C)(N)c1cc(Cl)c2c(c1)CCCC2. The first-order chi connectivity index (χ1) is 6.98. The lowest BCUT2D eigenvalue weighted by atomic mass is 9.86. The molecule has 2 N–H and O–H groups in total. The molecule has 0 aromatic heterocycles.